The fraction of sp³-hybridized carbons (Fsp3) is 0.174. The summed E-state index contributed by atoms with van der Waals surface area (Å²) in [5.74, 6) is 5.05. The predicted octanol–water partition coefficient (Wildman–Crippen LogP) is 6.13. The van der Waals surface area contributed by atoms with E-state index in [2.05, 4.69) is 17.2 Å². The summed E-state index contributed by atoms with van der Waals surface area (Å²) in [6.45, 7) is 5.20. The van der Waals surface area contributed by atoms with Gasteiger partial charge < -0.3 is 14.6 Å². The zero-order valence-electron chi connectivity index (χ0n) is 16.7. The number of halogens is 1. The van der Waals surface area contributed by atoms with Crippen molar-refractivity contribution in [1.29, 1.82) is 0 Å². The van der Waals surface area contributed by atoms with Crippen molar-refractivity contribution in [3.63, 3.8) is 0 Å². The molecule has 2 N–H and O–H groups in total. The average molecular weight is 425 g/mol. The number of amides is 1. The van der Waals surface area contributed by atoms with Crippen LogP contribution in [0.2, 0.25) is 0 Å². The van der Waals surface area contributed by atoms with Crippen molar-refractivity contribution in [2.24, 2.45) is 0 Å². The molecule has 0 unspecified atom stereocenters. The number of rotatable bonds is 3. The number of hydrogen-bond acceptors (Lipinski definition) is 5. The van der Waals surface area contributed by atoms with Crippen LogP contribution < -0.4 is 10.1 Å². The van der Waals surface area contributed by atoms with E-state index in [0.717, 1.165) is 11.6 Å². The van der Waals surface area contributed by atoms with Crippen molar-refractivity contribution in [3.8, 4) is 29.1 Å². The summed E-state index contributed by atoms with van der Waals surface area (Å²) in [4.78, 5) is 11.8. The first-order valence-corrected chi connectivity index (χ1v) is 9.98. The number of thiophene rings is 1. The number of hydrogen-bond donors (Lipinski definition) is 2. The molecule has 0 fully saturated rings. The molecule has 5 nitrogen and oxygen atoms in total. The highest BCUT2D eigenvalue weighted by atomic mass is 32.1. The molecule has 0 radical (unpaired) electrons. The van der Waals surface area contributed by atoms with Gasteiger partial charge in [0.05, 0.1) is 0 Å². The van der Waals surface area contributed by atoms with E-state index in [9.17, 15) is 14.3 Å². The van der Waals surface area contributed by atoms with Gasteiger partial charge in [-0.1, -0.05) is 11.8 Å². The smallest absolute Gasteiger partial charge is 0.412 e. The maximum Gasteiger partial charge on any atom is 0.412 e. The molecule has 7 heteroatoms. The number of ether oxygens (including phenoxy) is 2. The summed E-state index contributed by atoms with van der Waals surface area (Å²) in [6, 6.07) is 10.5. The first-order chi connectivity index (χ1) is 14.2. The third-order valence-corrected chi connectivity index (χ3v) is 4.31. The summed E-state index contributed by atoms with van der Waals surface area (Å²) in [6.07, 6.45) is -0.688. The average Bonchev–Trinajstić information content (AvgIpc) is 3.16. The van der Waals surface area contributed by atoms with Crippen LogP contribution in [0.3, 0.4) is 0 Å². The number of carbonyl (C=O) groups excluding carboxylic acids is 1. The van der Waals surface area contributed by atoms with Crippen LogP contribution in [0.5, 0.6) is 17.2 Å². The Morgan fingerprint density at radius 1 is 1.07 bits per heavy atom. The molecule has 1 aromatic heterocycles. The maximum atomic E-state index is 14.4. The van der Waals surface area contributed by atoms with E-state index in [4.69, 9.17) is 9.47 Å². The monoisotopic (exact) mass is 425 g/mol. The van der Waals surface area contributed by atoms with Crippen LogP contribution in [0.1, 0.15) is 31.9 Å². The first kappa shape index (κ1) is 21.2. The minimum atomic E-state index is -0.704. The molecule has 3 aromatic rings. The minimum absolute atomic E-state index is 0.0860. The van der Waals surface area contributed by atoms with Crippen LogP contribution in [0, 0.1) is 17.7 Å². The van der Waals surface area contributed by atoms with Crippen molar-refractivity contribution in [3.05, 3.63) is 70.2 Å². The Morgan fingerprint density at radius 2 is 1.80 bits per heavy atom. The summed E-state index contributed by atoms with van der Waals surface area (Å²) in [7, 11) is 0. The third-order valence-electron chi connectivity index (χ3n) is 3.63. The van der Waals surface area contributed by atoms with Gasteiger partial charge in [-0.25, -0.2) is 9.18 Å². The van der Waals surface area contributed by atoms with Crippen LogP contribution in [0.15, 0.2) is 53.2 Å². The van der Waals surface area contributed by atoms with Gasteiger partial charge in [-0.05, 0) is 62.5 Å². The van der Waals surface area contributed by atoms with E-state index < -0.39 is 17.5 Å². The largest absolute Gasteiger partial charge is 0.504 e. The lowest BCUT2D eigenvalue weighted by Crippen LogP contribution is -2.27. The lowest BCUT2D eigenvalue weighted by molar-refractivity contribution is 0.0636. The molecule has 0 saturated carbocycles. The standard InChI is InChI=1S/C23H20FNO4S/c1-23(2,3)29-22(27)25-17-7-9-20(18(24)13-17)28-21-8-6-15(12-19(21)26)4-5-16-10-11-30-14-16/h6-14,26H,1-3H3,(H,25,27). The highest BCUT2D eigenvalue weighted by Gasteiger charge is 2.17. The van der Waals surface area contributed by atoms with Crippen LogP contribution in [0.4, 0.5) is 14.9 Å². The molecule has 0 aliphatic carbocycles. The number of carbonyl (C=O) groups is 1. The van der Waals surface area contributed by atoms with E-state index in [-0.39, 0.29) is 22.9 Å². The number of aromatic hydroxyl groups is 1. The lowest BCUT2D eigenvalue weighted by Gasteiger charge is -2.19. The second-order valence-corrected chi connectivity index (χ2v) is 8.10. The topological polar surface area (TPSA) is 67.8 Å². The zero-order chi connectivity index (χ0) is 21.7. The van der Waals surface area contributed by atoms with E-state index in [1.54, 1.807) is 38.2 Å². The Labute approximate surface area is 178 Å². The lowest BCUT2D eigenvalue weighted by atomic mass is 10.2. The molecular weight excluding hydrogens is 405 g/mol. The molecule has 0 aliphatic rings. The fourth-order valence-corrected chi connectivity index (χ4v) is 2.95. The van der Waals surface area contributed by atoms with Crippen molar-refractivity contribution in [1.82, 2.24) is 0 Å². The Kier molecular flexibility index (Phi) is 6.28. The molecule has 1 heterocycles. The van der Waals surface area contributed by atoms with Crippen molar-refractivity contribution in [2.75, 3.05) is 5.32 Å². The molecule has 1 amide bonds. The van der Waals surface area contributed by atoms with E-state index >= 15 is 0 Å². The predicted molar refractivity (Wildman–Crippen MR) is 115 cm³/mol. The third kappa shape index (κ3) is 6.00. The summed E-state index contributed by atoms with van der Waals surface area (Å²) in [5.41, 5.74) is 1.05. The van der Waals surface area contributed by atoms with Gasteiger partial charge in [0.2, 0.25) is 0 Å². The quantitative estimate of drug-likeness (QED) is 0.495. The second kappa shape index (κ2) is 8.89. The SMILES string of the molecule is CC(C)(C)OC(=O)Nc1ccc(Oc2ccc(C#Cc3ccsc3)cc2O)c(F)c1. The van der Waals surface area contributed by atoms with Crippen molar-refractivity contribution in [2.45, 2.75) is 26.4 Å². The molecule has 0 atom stereocenters. The molecule has 0 saturated heterocycles. The van der Waals surface area contributed by atoms with Gasteiger partial charge in [-0.15, -0.1) is 0 Å². The molecule has 0 aliphatic heterocycles. The molecule has 154 valence electrons. The minimum Gasteiger partial charge on any atom is -0.504 e. The highest BCUT2D eigenvalue weighted by Crippen LogP contribution is 2.33. The Hall–Kier alpha value is -3.50. The van der Waals surface area contributed by atoms with Gasteiger partial charge in [0, 0.05) is 28.3 Å². The van der Waals surface area contributed by atoms with Gasteiger partial charge in [0.15, 0.2) is 23.1 Å². The number of nitrogens with one attached hydrogen (secondary N) is 1. The number of phenolic OH excluding ortho intramolecular Hbond substituents is 1. The molecule has 2 aromatic carbocycles. The van der Waals surface area contributed by atoms with Gasteiger partial charge in [-0.3, -0.25) is 5.32 Å². The first-order valence-electron chi connectivity index (χ1n) is 9.04. The second-order valence-electron chi connectivity index (χ2n) is 7.32. The van der Waals surface area contributed by atoms with E-state index in [1.165, 1.54) is 24.3 Å². The highest BCUT2D eigenvalue weighted by molar-refractivity contribution is 7.08. The maximum absolute atomic E-state index is 14.4. The van der Waals surface area contributed by atoms with Gasteiger partial charge in [-0.2, -0.15) is 11.3 Å². The fourth-order valence-electron chi connectivity index (χ4n) is 2.36. The number of anilines is 1. The van der Waals surface area contributed by atoms with Crippen molar-refractivity contribution >= 4 is 23.1 Å². The molecule has 3 rings (SSSR count). The van der Waals surface area contributed by atoms with Gasteiger partial charge in [0.25, 0.3) is 0 Å². The summed E-state index contributed by atoms with van der Waals surface area (Å²) in [5, 5.41) is 16.5. The van der Waals surface area contributed by atoms with Crippen LogP contribution in [0.25, 0.3) is 0 Å². The molecular formula is C23H20FNO4S. The number of phenols is 1. The van der Waals surface area contributed by atoms with Crippen molar-refractivity contribution < 1.29 is 23.8 Å². The summed E-state index contributed by atoms with van der Waals surface area (Å²) < 4.78 is 25.0. The van der Waals surface area contributed by atoms with Crippen LogP contribution in [-0.2, 0) is 4.74 Å². The van der Waals surface area contributed by atoms with Gasteiger partial charge >= 0.3 is 6.09 Å². The molecule has 0 spiro atoms. The van der Waals surface area contributed by atoms with E-state index in [1.807, 2.05) is 16.8 Å². The normalized spacial score (nSPS) is 10.7. The van der Waals surface area contributed by atoms with Crippen LogP contribution in [-0.4, -0.2) is 16.8 Å². The Bertz CT molecular complexity index is 1110. The molecule has 30 heavy (non-hydrogen) atoms. The van der Waals surface area contributed by atoms with Gasteiger partial charge in [0.1, 0.15) is 5.60 Å². The Balaban J connectivity index is 1.69. The molecule has 0 bridgehead atoms. The number of benzene rings is 2. The van der Waals surface area contributed by atoms with Crippen LogP contribution >= 0.6 is 11.3 Å². The Morgan fingerprint density at radius 3 is 2.43 bits per heavy atom. The summed E-state index contributed by atoms with van der Waals surface area (Å²) >= 11 is 1.55. The van der Waals surface area contributed by atoms with E-state index in [0.29, 0.717) is 5.56 Å². The zero-order valence-corrected chi connectivity index (χ0v) is 17.5.